The summed E-state index contributed by atoms with van der Waals surface area (Å²) < 4.78 is 2.80. The minimum Gasteiger partial charge on any atom is -0.326 e. The highest BCUT2D eigenvalue weighted by molar-refractivity contribution is 5.93. The minimum absolute atomic E-state index is 0.0151. The van der Waals surface area contributed by atoms with Crippen LogP contribution in [0.3, 0.4) is 0 Å². The van der Waals surface area contributed by atoms with E-state index in [1.165, 1.54) is 11.6 Å². The number of para-hydroxylation sites is 1. The average molecular weight is 459 g/mol. The van der Waals surface area contributed by atoms with Crippen molar-refractivity contribution in [1.29, 1.82) is 0 Å². The van der Waals surface area contributed by atoms with Gasteiger partial charge in [-0.2, -0.15) is 10.2 Å². The van der Waals surface area contributed by atoms with Crippen LogP contribution >= 0.6 is 0 Å². The van der Waals surface area contributed by atoms with Crippen molar-refractivity contribution in [2.24, 2.45) is 0 Å². The first-order valence-corrected chi connectivity index (χ1v) is 11.0. The summed E-state index contributed by atoms with van der Waals surface area (Å²) in [5, 5.41) is 15.1. The van der Waals surface area contributed by atoms with Crippen molar-refractivity contribution in [3.63, 3.8) is 0 Å². The summed E-state index contributed by atoms with van der Waals surface area (Å²) in [5.74, 6) is -0.606. The van der Waals surface area contributed by atoms with E-state index in [4.69, 9.17) is 0 Å². The Kier molecular flexibility index (Phi) is 6.27. The molecule has 0 fully saturated rings. The topological polar surface area (TPSA) is 111 Å². The molecule has 0 spiro atoms. The smallest absolute Gasteiger partial charge is 0.293 e. The molecule has 9 heteroatoms. The van der Waals surface area contributed by atoms with E-state index in [1.807, 2.05) is 45.0 Å². The molecule has 2 aromatic carbocycles. The van der Waals surface area contributed by atoms with Gasteiger partial charge in [-0.15, -0.1) is 0 Å². The van der Waals surface area contributed by atoms with Crippen molar-refractivity contribution in [2.45, 2.75) is 40.2 Å². The lowest BCUT2D eigenvalue weighted by Gasteiger charge is -2.13. The second kappa shape index (κ2) is 9.30. The van der Waals surface area contributed by atoms with Gasteiger partial charge in [-0.25, -0.2) is 9.36 Å². The van der Waals surface area contributed by atoms with Crippen molar-refractivity contribution >= 4 is 34.1 Å². The lowest BCUT2D eigenvalue weighted by molar-refractivity contribution is -0.117. The summed E-state index contributed by atoms with van der Waals surface area (Å²) in [5.41, 5.74) is 3.50. The average Bonchev–Trinajstić information content (AvgIpc) is 3.20. The number of hydrogen-bond acceptors (Lipinski definition) is 5. The Morgan fingerprint density at radius 2 is 1.74 bits per heavy atom. The number of aryl methyl sites for hydroxylation is 1. The molecule has 0 saturated carbocycles. The quantitative estimate of drug-likeness (QED) is 0.459. The number of anilines is 2. The molecule has 0 saturated heterocycles. The summed E-state index contributed by atoms with van der Waals surface area (Å²) in [4.78, 5) is 37.6. The van der Waals surface area contributed by atoms with E-state index in [0.29, 0.717) is 28.0 Å². The Bertz CT molecular complexity index is 1450. The number of amides is 2. The molecule has 9 nitrogen and oxygen atoms in total. The Morgan fingerprint density at radius 1 is 1.03 bits per heavy atom. The molecule has 0 aliphatic heterocycles. The van der Waals surface area contributed by atoms with Crippen LogP contribution in [0.2, 0.25) is 0 Å². The third kappa shape index (κ3) is 4.59. The van der Waals surface area contributed by atoms with Gasteiger partial charge in [-0.3, -0.25) is 14.4 Å². The Morgan fingerprint density at radius 3 is 2.41 bits per heavy atom. The van der Waals surface area contributed by atoms with Crippen LogP contribution in [-0.4, -0.2) is 31.4 Å². The van der Waals surface area contributed by atoms with Crippen LogP contribution < -0.4 is 16.2 Å². The summed E-state index contributed by atoms with van der Waals surface area (Å²) in [6.45, 7) is 7.06. The fraction of sp³-hybridized carbons (Fsp3) is 0.240. The summed E-state index contributed by atoms with van der Waals surface area (Å²) in [7, 11) is 0. The van der Waals surface area contributed by atoms with E-state index in [1.54, 1.807) is 35.1 Å². The molecule has 4 rings (SSSR count). The molecular weight excluding hydrogens is 432 g/mol. The molecule has 0 bridgehead atoms. The van der Waals surface area contributed by atoms with E-state index >= 15 is 0 Å². The number of hydrogen-bond donors (Lipinski definition) is 2. The number of fused-ring (bicyclic) bond motifs is 1. The van der Waals surface area contributed by atoms with Gasteiger partial charge in [0.2, 0.25) is 11.8 Å². The summed E-state index contributed by atoms with van der Waals surface area (Å²) >= 11 is 0. The molecule has 4 aromatic rings. The second-order valence-electron chi connectivity index (χ2n) is 8.42. The normalized spacial score (nSPS) is 11.1. The van der Waals surface area contributed by atoms with Crippen LogP contribution in [-0.2, 0) is 16.1 Å². The number of benzene rings is 2. The van der Waals surface area contributed by atoms with Gasteiger partial charge in [0.15, 0.2) is 0 Å². The Hall–Kier alpha value is -4.27. The van der Waals surface area contributed by atoms with Gasteiger partial charge in [0.1, 0.15) is 12.1 Å². The monoisotopic (exact) mass is 458 g/mol. The molecule has 174 valence electrons. The molecule has 2 aromatic heterocycles. The van der Waals surface area contributed by atoms with Crippen LogP contribution in [0.1, 0.15) is 37.9 Å². The largest absolute Gasteiger partial charge is 0.326 e. The van der Waals surface area contributed by atoms with Crippen molar-refractivity contribution in [3.05, 3.63) is 76.3 Å². The predicted octanol–water partition coefficient (Wildman–Crippen LogP) is 3.61. The van der Waals surface area contributed by atoms with E-state index in [-0.39, 0.29) is 18.4 Å². The first-order valence-electron chi connectivity index (χ1n) is 11.0. The lowest BCUT2D eigenvalue weighted by Crippen LogP contribution is -2.31. The van der Waals surface area contributed by atoms with Crippen molar-refractivity contribution in [2.75, 3.05) is 10.6 Å². The molecule has 0 radical (unpaired) electrons. The van der Waals surface area contributed by atoms with Crippen LogP contribution in [0.25, 0.3) is 16.6 Å². The maximum absolute atomic E-state index is 13.4. The van der Waals surface area contributed by atoms with Crippen molar-refractivity contribution in [1.82, 2.24) is 19.6 Å². The standard InChI is InChI=1S/C25H26N6O3/c1-15(2)23-20-13-26-31(21-11-6-5-8-16(21)3)24(20)25(34)30(29-23)14-22(33)28-19-10-7-9-18(12-19)27-17(4)32/h5-13,15H,14H2,1-4H3,(H,27,32)(H,28,33). The predicted molar refractivity (Wildman–Crippen MR) is 131 cm³/mol. The van der Waals surface area contributed by atoms with Crippen LogP contribution in [0.5, 0.6) is 0 Å². The zero-order valence-corrected chi connectivity index (χ0v) is 19.5. The third-order valence-electron chi connectivity index (χ3n) is 5.36. The SMILES string of the molecule is CC(=O)Nc1cccc(NC(=O)Cn2nc(C(C)C)c3cnn(-c4ccccc4C)c3c2=O)c1. The number of carbonyl (C=O) groups is 2. The molecule has 34 heavy (non-hydrogen) atoms. The zero-order valence-electron chi connectivity index (χ0n) is 19.5. The Labute approximate surface area is 196 Å². The number of aromatic nitrogens is 4. The highest BCUT2D eigenvalue weighted by atomic mass is 16.2. The fourth-order valence-electron chi connectivity index (χ4n) is 3.83. The van der Waals surface area contributed by atoms with Gasteiger partial charge < -0.3 is 10.6 Å². The molecule has 0 atom stereocenters. The molecular formula is C25H26N6O3. The van der Waals surface area contributed by atoms with Crippen LogP contribution in [0.4, 0.5) is 11.4 Å². The van der Waals surface area contributed by atoms with Crippen LogP contribution in [0, 0.1) is 6.92 Å². The van der Waals surface area contributed by atoms with Gasteiger partial charge >= 0.3 is 0 Å². The zero-order chi connectivity index (χ0) is 24.4. The first kappa shape index (κ1) is 22.9. The third-order valence-corrected chi connectivity index (χ3v) is 5.36. The minimum atomic E-state index is -0.411. The van der Waals surface area contributed by atoms with Crippen molar-refractivity contribution < 1.29 is 9.59 Å². The highest BCUT2D eigenvalue weighted by Gasteiger charge is 2.20. The second-order valence-corrected chi connectivity index (χ2v) is 8.42. The number of carbonyl (C=O) groups excluding carboxylic acids is 2. The highest BCUT2D eigenvalue weighted by Crippen LogP contribution is 2.24. The summed E-state index contributed by atoms with van der Waals surface area (Å²) in [6, 6.07) is 14.5. The molecule has 0 unspecified atom stereocenters. The molecule has 2 amide bonds. The maximum atomic E-state index is 13.4. The molecule has 0 aliphatic rings. The van der Waals surface area contributed by atoms with Crippen molar-refractivity contribution in [3.8, 4) is 5.69 Å². The van der Waals surface area contributed by atoms with Gasteiger partial charge in [0.05, 0.1) is 17.6 Å². The number of rotatable bonds is 6. The first-order chi connectivity index (χ1) is 16.2. The van der Waals surface area contributed by atoms with E-state index in [9.17, 15) is 14.4 Å². The number of nitrogens with one attached hydrogen (secondary N) is 2. The Balaban J connectivity index is 1.72. The lowest BCUT2D eigenvalue weighted by atomic mass is 10.1. The van der Waals surface area contributed by atoms with Crippen LogP contribution in [0.15, 0.2) is 59.5 Å². The van der Waals surface area contributed by atoms with Gasteiger partial charge in [0, 0.05) is 23.7 Å². The molecule has 0 aliphatic carbocycles. The van der Waals surface area contributed by atoms with Gasteiger partial charge in [0.25, 0.3) is 5.56 Å². The fourth-order valence-corrected chi connectivity index (χ4v) is 3.83. The van der Waals surface area contributed by atoms with Gasteiger partial charge in [-0.05, 0) is 42.7 Å². The maximum Gasteiger partial charge on any atom is 0.293 e. The van der Waals surface area contributed by atoms with E-state index in [2.05, 4.69) is 20.8 Å². The summed E-state index contributed by atoms with van der Waals surface area (Å²) in [6.07, 6.45) is 1.66. The molecule has 2 heterocycles. The number of nitrogens with zero attached hydrogens (tertiary/aromatic N) is 4. The molecule has 2 N–H and O–H groups in total. The van der Waals surface area contributed by atoms with E-state index < -0.39 is 11.5 Å². The van der Waals surface area contributed by atoms with E-state index in [0.717, 1.165) is 11.3 Å². The van der Waals surface area contributed by atoms with Gasteiger partial charge in [-0.1, -0.05) is 38.1 Å².